The first kappa shape index (κ1) is 15.4. The highest BCUT2D eigenvalue weighted by atomic mass is 16.5. The molecule has 3 heterocycles. The lowest BCUT2D eigenvalue weighted by molar-refractivity contribution is 0.0727. The molecule has 0 N–H and O–H groups in total. The van der Waals surface area contributed by atoms with Crippen LogP contribution in [0.15, 0.2) is 10.6 Å². The summed E-state index contributed by atoms with van der Waals surface area (Å²) in [6.45, 7) is 6.90. The van der Waals surface area contributed by atoms with Crippen LogP contribution in [0.1, 0.15) is 78.2 Å². The van der Waals surface area contributed by atoms with Crippen LogP contribution in [-0.2, 0) is 6.42 Å². The number of amides is 1. The Morgan fingerprint density at radius 2 is 2.12 bits per heavy atom. The van der Waals surface area contributed by atoms with Crippen molar-refractivity contribution in [2.45, 2.75) is 65.0 Å². The molecule has 2 aromatic heterocycles. The Bertz CT molecular complexity index is 772. The minimum absolute atomic E-state index is 0.0643. The number of rotatable bonds is 4. The zero-order valence-electron chi connectivity index (χ0n) is 14.6. The number of likely N-dealkylation sites (tertiary alicyclic amines) is 1. The second kappa shape index (κ2) is 5.76. The molecule has 2 aliphatic rings. The highest BCUT2D eigenvalue weighted by Crippen LogP contribution is 2.39. The molecular weight excluding hydrogens is 304 g/mol. The molecule has 0 unspecified atom stereocenters. The van der Waals surface area contributed by atoms with Gasteiger partial charge in [0.2, 0.25) is 5.89 Å². The van der Waals surface area contributed by atoms with Gasteiger partial charge in [-0.25, -0.2) is 0 Å². The van der Waals surface area contributed by atoms with Crippen molar-refractivity contribution >= 4 is 5.91 Å². The highest BCUT2D eigenvalue weighted by molar-refractivity contribution is 5.96. The number of carbonyl (C=O) groups excluding carboxylic acids is 1. The van der Waals surface area contributed by atoms with Crippen molar-refractivity contribution in [3.8, 4) is 0 Å². The Morgan fingerprint density at radius 3 is 2.79 bits per heavy atom. The van der Waals surface area contributed by atoms with Gasteiger partial charge in [0.05, 0.1) is 11.6 Å². The number of aryl methyl sites for hydroxylation is 2. The van der Waals surface area contributed by atoms with Gasteiger partial charge in [-0.1, -0.05) is 12.1 Å². The molecule has 1 amide bonds. The lowest BCUT2D eigenvalue weighted by Crippen LogP contribution is -2.31. The summed E-state index contributed by atoms with van der Waals surface area (Å²) >= 11 is 0. The smallest absolute Gasteiger partial charge is 0.256 e. The molecule has 4 rings (SSSR count). The molecule has 1 saturated carbocycles. The first-order valence-electron chi connectivity index (χ1n) is 8.92. The number of hydrogen-bond acceptors (Lipinski definition) is 4. The molecule has 1 atom stereocenters. The minimum Gasteiger partial charge on any atom is -0.345 e. The SMILES string of the molecule is CCc1nc([C@@H]2CCCN2C(=O)c2cc(C)n(C3CC3)c2C)no1. The summed E-state index contributed by atoms with van der Waals surface area (Å²) in [7, 11) is 0. The van der Waals surface area contributed by atoms with E-state index in [9.17, 15) is 4.79 Å². The predicted octanol–water partition coefficient (Wildman–Crippen LogP) is 3.36. The van der Waals surface area contributed by atoms with E-state index in [-0.39, 0.29) is 11.9 Å². The van der Waals surface area contributed by atoms with Crippen LogP contribution in [0.3, 0.4) is 0 Å². The third-order valence-corrected chi connectivity index (χ3v) is 5.22. The van der Waals surface area contributed by atoms with E-state index in [4.69, 9.17) is 4.52 Å². The molecule has 2 fully saturated rings. The Hall–Kier alpha value is -2.11. The number of nitrogens with zero attached hydrogens (tertiary/aromatic N) is 4. The average Bonchev–Trinajstić information content (AvgIpc) is 3.02. The molecule has 0 spiro atoms. The summed E-state index contributed by atoms with van der Waals surface area (Å²) in [4.78, 5) is 19.5. The lowest BCUT2D eigenvalue weighted by atomic mass is 10.1. The van der Waals surface area contributed by atoms with E-state index in [1.807, 2.05) is 17.9 Å². The van der Waals surface area contributed by atoms with E-state index in [0.29, 0.717) is 17.8 Å². The summed E-state index contributed by atoms with van der Waals surface area (Å²) in [6, 6.07) is 2.56. The molecule has 6 nitrogen and oxygen atoms in total. The van der Waals surface area contributed by atoms with Crippen molar-refractivity contribution in [3.05, 3.63) is 34.7 Å². The zero-order valence-corrected chi connectivity index (χ0v) is 14.6. The van der Waals surface area contributed by atoms with E-state index in [2.05, 4.69) is 28.6 Å². The van der Waals surface area contributed by atoms with Gasteiger partial charge in [-0.3, -0.25) is 4.79 Å². The van der Waals surface area contributed by atoms with E-state index < -0.39 is 0 Å². The second-order valence-corrected chi connectivity index (χ2v) is 6.94. The maximum atomic E-state index is 13.2. The fraction of sp³-hybridized carbons (Fsp3) is 0.611. The first-order valence-corrected chi connectivity index (χ1v) is 8.92. The number of hydrogen-bond donors (Lipinski definition) is 0. The van der Waals surface area contributed by atoms with Gasteiger partial charge in [0, 0.05) is 30.4 Å². The van der Waals surface area contributed by atoms with Crippen molar-refractivity contribution in [3.63, 3.8) is 0 Å². The van der Waals surface area contributed by atoms with Gasteiger partial charge in [0.25, 0.3) is 5.91 Å². The Balaban J connectivity index is 1.62. The van der Waals surface area contributed by atoms with Crippen molar-refractivity contribution < 1.29 is 9.32 Å². The summed E-state index contributed by atoms with van der Waals surface area (Å²) in [5.74, 6) is 1.38. The first-order chi connectivity index (χ1) is 11.6. The predicted molar refractivity (Wildman–Crippen MR) is 88.9 cm³/mol. The third kappa shape index (κ3) is 2.44. The van der Waals surface area contributed by atoms with E-state index in [0.717, 1.165) is 37.1 Å². The minimum atomic E-state index is -0.0643. The Kier molecular flexibility index (Phi) is 3.70. The molecule has 1 aliphatic carbocycles. The molecule has 128 valence electrons. The zero-order chi connectivity index (χ0) is 16.8. The largest absolute Gasteiger partial charge is 0.345 e. The van der Waals surface area contributed by atoms with E-state index in [1.54, 1.807) is 0 Å². The molecule has 2 aromatic rings. The fourth-order valence-electron chi connectivity index (χ4n) is 3.87. The molecule has 24 heavy (non-hydrogen) atoms. The van der Waals surface area contributed by atoms with Gasteiger partial charge in [-0.15, -0.1) is 0 Å². The fourth-order valence-corrected chi connectivity index (χ4v) is 3.87. The van der Waals surface area contributed by atoms with Crippen LogP contribution < -0.4 is 0 Å². The molecule has 0 aromatic carbocycles. The van der Waals surface area contributed by atoms with Crippen LogP contribution >= 0.6 is 0 Å². The monoisotopic (exact) mass is 328 g/mol. The van der Waals surface area contributed by atoms with Gasteiger partial charge >= 0.3 is 0 Å². The molecular formula is C18H24N4O2. The summed E-state index contributed by atoms with van der Waals surface area (Å²) < 4.78 is 7.56. The van der Waals surface area contributed by atoms with E-state index >= 15 is 0 Å². The van der Waals surface area contributed by atoms with Gasteiger partial charge in [-0.2, -0.15) is 4.98 Å². The molecule has 0 bridgehead atoms. The Labute approximate surface area is 141 Å². The Morgan fingerprint density at radius 1 is 1.33 bits per heavy atom. The van der Waals surface area contributed by atoms with E-state index in [1.165, 1.54) is 18.5 Å². The molecule has 6 heteroatoms. The van der Waals surface area contributed by atoms with Gasteiger partial charge in [-0.05, 0) is 45.6 Å². The van der Waals surface area contributed by atoms with Gasteiger partial charge < -0.3 is 14.0 Å². The van der Waals surface area contributed by atoms with Crippen LogP contribution in [0.25, 0.3) is 0 Å². The third-order valence-electron chi connectivity index (χ3n) is 5.22. The lowest BCUT2D eigenvalue weighted by Gasteiger charge is -2.22. The highest BCUT2D eigenvalue weighted by Gasteiger charge is 2.36. The maximum Gasteiger partial charge on any atom is 0.256 e. The maximum absolute atomic E-state index is 13.2. The standard InChI is InChI=1S/C18H24N4O2/c1-4-16-19-17(20-24-16)15-6-5-9-21(15)18(23)14-10-11(2)22(12(14)3)13-7-8-13/h10,13,15H,4-9H2,1-3H3/t15-/m0/s1. The van der Waals surface area contributed by atoms with Crippen molar-refractivity contribution in [1.29, 1.82) is 0 Å². The van der Waals surface area contributed by atoms with Crippen LogP contribution in [-0.4, -0.2) is 32.1 Å². The topological polar surface area (TPSA) is 64.2 Å². The second-order valence-electron chi connectivity index (χ2n) is 6.94. The van der Waals surface area contributed by atoms with Crippen molar-refractivity contribution in [2.75, 3.05) is 6.54 Å². The normalized spacial score (nSPS) is 20.8. The van der Waals surface area contributed by atoms with Crippen LogP contribution in [0.4, 0.5) is 0 Å². The van der Waals surface area contributed by atoms with Gasteiger partial charge in [0.15, 0.2) is 5.82 Å². The summed E-state index contributed by atoms with van der Waals surface area (Å²) in [5, 5.41) is 4.09. The van der Waals surface area contributed by atoms with Crippen molar-refractivity contribution in [1.82, 2.24) is 19.6 Å². The molecule has 1 saturated heterocycles. The number of carbonyl (C=O) groups is 1. The van der Waals surface area contributed by atoms with Gasteiger partial charge in [0.1, 0.15) is 0 Å². The summed E-state index contributed by atoms with van der Waals surface area (Å²) in [6.07, 6.45) is 5.04. The van der Waals surface area contributed by atoms with Crippen LogP contribution in [0, 0.1) is 13.8 Å². The number of aromatic nitrogens is 3. The quantitative estimate of drug-likeness (QED) is 0.863. The molecule has 1 aliphatic heterocycles. The van der Waals surface area contributed by atoms with Crippen LogP contribution in [0.5, 0.6) is 0 Å². The molecule has 0 radical (unpaired) electrons. The average molecular weight is 328 g/mol. The summed E-state index contributed by atoms with van der Waals surface area (Å²) in [5.41, 5.74) is 3.10. The van der Waals surface area contributed by atoms with Crippen molar-refractivity contribution in [2.24, 2.45) is 0 Å². The van der Waals surface area contributed by atoms with Crippen LogP contribution in [0.2, 0.25) is 0 Å².